The Balaban J connectivity index is 3.90. The van der Waals surface area contributed by atoms with Gasteiger partial charge in [-0.25, -0.2) is 8.42 Å². The Labute approximate surface area is 55.9 Å². The van der Waals surface area contributed by atoms with Gasteiger partial charge in [-0.3, -0.25) is 0 Å². The second-order valence-electron chi connectivity index (χ2n) is 1.20. The largest absolute Gasteiger partial charge is 0.298 e. The molecule has 0 atom stereocenters. The average Bonchev–Trinajstić information content (AvgIpc) is 1.63. The normalized spacial score (nSPS) is 12.4. The van der Waals surface area contributed by atoms with Crippen LogP contribution in [0.15, 0.2) is 0 Å². The molecule has 0 amide bonds. The van der Waals surface area contributed by atoms with E-state index < -0.39 is 14.6 Å². The Kier molecular flexibility index (Phi) is 3.42. The molecule has 6 heteroatoms. The quantitative estimate of drug-likeness (QED) is 0.608. The van der Waals surface area contributed by atoms with E-state index in [0.29, 0.717) is 0 Å². The van der Waals surface area contributed by atoms with Crippen LogP contribution < -0.4 is 0 Å². The summed E-state index contributed by atoms with van der Waals surface area (Å²) in [5.74, 6) is -3.07. The fourth-order valence-electron chi connectivity index (χ4n) is 0.179. The van der Waals surface area contributed by atoms with Crippen LogP contribution >= 0.6 is 10.8 Å². The van der Waals surface area contributed by atoms with Crippen molar-refractivity contribution in [2.45, 2.75) is 12.7 Å². The van der Waals surface area contributed by atoms with Gasteiger partial charge in [0.2, 0.25) is 8.87 Å². The van der Waals surface area contributed by atoms with Crippen LogP contribution in [0.4, 0.5) is 8.78 Å². The number of halogens is 2. The lowest BCUT2D eigenvalue weighted by Crippen LogP contribution is -1.99. The first-order chi connectivity index (χ1) is 3.98. The van der Waals surface area contributed by atoms with Crippen LogP contribution in [0, 0.1) is 0 Å². The summed E-state index contributed by atoms with van der Waals surface area (Å²) in [6, 6.07) is 0. The molecule has 0 aliphatic rings. The first kappa shape index (κ1) is 9.16. The van der Waals surface area contributed by atoms with E-state index in [2.05, 4.69) is 0 Å². The van der Waals surface area contributed by atoms with Gasteiger partial charge in [-0.05, 0) is 0 Å². The molecule has 0 fully saturated rings. The van der Waals surface area contributed by atoms with Gasteiger partial charge in [-0.15, -0.1) is 0 Å². The van der Waals surface area contributed by atoms with Crippen molar-refractivity contribution in [3.8, 4) is 0 Å². The van der Waals surface area contributed by atoms with Gasteiger partial charge in [0, 0.05) is 10.8 Å². The van der Waals surface area contributed by atoms with Gasteiger partial charge < -0.3 is 0 Å². The molecule has 0 aromatic rings. The summed E-state index contributed by atoms with van der Waals surface area (Å²) in [5, 5.41) is 0. The van der Waals surface area contributed by atoms with Crippen molar-refractivity contribution in [1.82, 2.24) is 0 Å². The first-order valence-electron chi connectivity index (χ1n) is 2.17. The summed E-state index contributed by atoms with van der Waals surface area (Å²) < 4.78 is 43.2. The van der Waals surface area contributed by atoms with Crippen molar-refractivity contribution in [2.24, 2.45) is 0 Å². The molecule has 56 valence electrons. The van der Waals surface area contributed by atoms with Gasteiger partial charge in [0.1, 0.15) is 0 Å². The Bertz CT molecular complexity index is 163. The Morgan fingerprint density at radius 1 is 1.56 bits per heavy atom. The van der Waals surface area contributed by atoms with E-state index in [-0.39, 0.29) is 16.5 Å². The minimum Gasteiger partial charge on any atom is -0.217 e. The minimum absolute atomic E-state index is 0.248. The van der Waals surface area contributed by atoms with Crippen LogP contribution in [0.1, 0.15) is 6.92 Å². The molecule has 0 aliphatic heterocycles. The lowest BCUT2D eigenvalue weighted by atomic mass is 11.0. The predicted octanol–water partition coefficient (Wildman–Crippen LogP) is 1.29. The van der Waals surface area contributed by atoms with Crippen molar-refractivity contribution < 1.29 is 17.2 Å². The third-order valence-electron chi connectivity index (χ3n) is 0.573. The third-order valence-corrected chi connectivity index (χ3v) is 3.74. The third kappa shape index (κ3) is 4.65. The molecular formula is C3H6F2O2S2. The van der Waals surface area contributed by atoms with Crippen LogP contribution in [0.2, 0.25) is 0 Å². The van der Waals surface area contributed by atoms with Crippen molar-refractivity contribution in [3.05, 3.63) is 0 Å². The molecule has 0 spiro atoms. The summed E-state index contributed by atoms with van der Waals surface area (Å²) >= 11 is 0. The number of hydrogen-bond acceptors (Lipinski definition) is 3. The standard InChI is InChI=1S/C3H6F2O2S2/c1-2-9(6,7)8-3(4)5/h3H,2H2,1H3. The van der Waals surface area contributed by atoms with E-state index in [1.54, 1.807) is 0 Å². The topological polar surface area (TPSA) is 34.1 Å². The maximum absolute atomic E-state index is 11.3. The molecule has 9 heavy (non-hydrogen) atoms. The summed E-state index contributed by atoms with van der Waals surface area (Å²) in [6.45, 7) is 1.32. The molecule has 0 saturated carbocycles. The smallest absolute Gasteiger partial charge is 0.217 e. The van der Waals surface area contributed by atoms with Gasteiger partial charge in [-0.1, -0.05) is 6.92 Å². The highest BCUT2D eigenvalue weighted by atomic mass is 33.1. The van der Waals surface area contributed by atoms with Crippen molar-refractivity contribution in [1.29, 1.82) is 0 Å². The van der Waals surface area contributed by atoms with E-state index in [1.807, 2.05) is 0 Å². The highest BCUT2D eigenvalue weighted by Gasteiger charge is 2.15. The van der Waals surface area contributed by atoms with Gasteiger partial charge in [0.05, 0.1) is 5.75 Å². The highest BCUT2D eigenvalue weighted by Crippen LogP contribution is 2.21. The zero-order valence-electron chi connectivity index (χ0n) is 4.67. The monoisotopic (exact) mass is 176 g/mol. The van der Waals surface area contributed by atoms with Crippen molar-refractivity contribution >= 4 is 19.7 Å². The zero-order chi connectivity index (χ0) is 7.49. The molecule has 0 aromatic heterocycles. The predicted molar refractivity (Wildman–Crippen MR) is 33.1 cm³/mol. The molecule has 0 unspecified atom stereocenters. The molecule has 0 bridgehead atoms. The maximum atomic E-state index is 11.3. The van der Waals surface area contributed by atoms with Crippen molar-refractivity contribution in [2.75, 3.05) is 5.75 Å². The Morgan fingerprint density at radius 3 is 2.11 bits per heavy atom. The number of rotatable bonds is 3. The van der Waals surface area contributed by atoms with E-state index in [0.717, 1.165) is 0 Å². The molecule has 0 aromatic carbocycles. The van der Waals surface area contributed by atoms with E-state index in [4.69, 9.17) is 0 Å². The number of hydrogen-bond donors (Lipinski definition) is 0. The van der Waals surface area contributed by atoms with Crippen LogP contribution in [-0.2, 0) is 8.87 Å². The van der Waals surface area contributed by atoms with Crippen LogP contribution in [0.5, 0.6) is 0 Å². The van der Waals surface area contributed by atoms with E-state index in [1.165, 1.54) is 6.92 Å². The molecule has 0 rings (SSSR count). The Morgan fingerprint density at radius 2 is 2.00 bits per heavy atom. The summed E-state index contributed by atoms with van der Waals surface area (Å²) in [4.78, 5) is 0. The fraction of sp³-hybridized carbons (Fsp3) is 1.00. The summed E-state index contributed by atoms with van der Waals surface area (Å²) in [7, 11) is -3.86. The van der Waals surface area contributed by atoms with Crippen molar-refractivity contribution in [3.63, 3.8) is 0 Å². The fourth-order valence-corrected chi connectivity index (χ4v) is 1.61. The molecule has 0 aliphatic carbocycles. The minimum atomic E-state index is -3.55. The summed E-state index contributed by atoms with van der Waals surface area (Å²) in [6.07, 6.45) is 0. The highest BCUT2D eigenvalue weighted by molar-refractivity contribution is 8.72. The lowest BCUT2D eigenvalue weighted by Gasteiger charge is -1.95. The molecule has 0 radical (unpaired) electrons. The number of alkyl halides is 2. The maximum Gasteiger partial charge on any atom is 0.298 e. The molecular weight excluding hydrogens is 170 g/mol. The van der Waals surface area contributed by atoms with Gasteiger partial charge >= 0.3 is 0 Å². The molecule has 0 heterocycles. The SMILES string of the molecule is CCS(=O)(=O)SC(F)F. The molecule has 0 N–H and O–H groups in total. The first-order valence-corrected chi connectivity index (χ1v) is 5.22. The zero-order valence-corrected chi connectivity index (χ0v) is 6.31. The van der Waals surface area contributed by atoms with Crippen LogP contribution in [-0.4, -0.2) is 19.9 Å². The van der Waals surface area contributed by atoms with E-state index >= 15 is 0 Å². The second-order valence-corrected chi connectivity index (χ2v) is 5.55. The van der Waals surface area contributed by atoms with Crippen LogP contribution in [0.25, 0.3) is 0 Å². The van der Waals surface area contributed by atoms with E-state index in [9.17, 15) is 17.2 Å². The van der Waals surface area contributed by atoms with Gasteiger partial charge in [-0.2, -0.15) is 8.78 Å². The lowest BCUT2D eigenvalue weighted by molar-refractivity contribution is 0.254. The molecule has 0 saturated heterocycles. The molecule has 2 nitrogen and oxygen atoms in total. The second kappa shape index (κ2) is 3.36. The Hall–Kier alpha value is 0.160. The average molecular weight is 176 g/mol. The van der Waals surface area contributed by atoms with Gasteiger partial charge in [0.15, 0.2) is 0 Å². The van der Waals surface area contributed by atoms with Crippen LogP contribution in [0.3, 0.4) is 0 Å². The van der Waals surface area contributed by atoms with Gasteiger partial charge in [0.25, 0.3) is 5.76 Å². The summed E-state index contributed by atoms with van der Waals surface area (Å²) in [5.41, 5.74) is 0.